The lowest BCUT2D eigenvalue weighted by Crippen LogP contribution is -2.29. The van der Waals surface area contributed by atoms with Crippen LogP contribution in [0.25, 0.3) is 11.0 Å². The van der Waals surface area contributed by atoms with Crippen molar-refractivity contribution in [1.29, 1.82) is 0 Å². The maximum atomic E-state index is 6.17. The molecular weight excluding hydrogens is 290 g/mol. The van der Waals surface area contributed by atoms with Crippen molar-refractivity contribution in [3.8, 4) is 5.75 Å². The van der Waals surface area contributed by atoms with Gasteiger partial charge in [0.05, 0.1) is 11.0 Å². The van der Waals surface area contributed by atoms with Gasteiger partial charge in [0.15, 0.2) is 0 Å². The Morgan fingerprint density at radius 2 is 2.04 bits per heavy atom. The van der Waals surface area contributed by atoms with Crippen molar-refractivity contribution in [3.05, 3.63) is 17.7 Å². The molecule has 1 aliphatic rings. The van der Waals surface area contributed by atoms with Gasteiger partial charge in [0.25, 0.3) is 0 Å². The summed E-state index contributed by atoms with van der Waals surface area (Å²) in [6, 6.07) is 4.05. The quantitative estimate of drug-likeness (QED) is 0.873. The van der Waals surface area contributed by atoms with Gasteiger partial charge >= 0.3 is 0 Å². The summed E-state index contributed by atoms with van der Waals surface area (Å²) in [5.74, 6) is 1.58. The van der Waals surface area contributed by atoms with Gasteiger partial charge in [-0.2, -0.15) is 0 Å². The van der Waals surface area contributed by atoms with Crippen LogP contribution in [0.2, 0.25) is 0 Å². The summed E-state index contributed by atoms with van der Waals surface area (Å²) in [6.45, 7) is 2.84. The average Bonchev–Trinajstić information content (AvgIpc) is 2.98. The van der Waals surface area contributed by atoms with Crippen LogP contribution in [0.1, 0.15) is 12.0 Å². The Morgan fingerprint density at radius 1 is 1.26 bits per heavy atom. The Hall–Kier alpha value is -1.79. The number of fused-ring (bicyclic) bond motifs is 3. The molecule has 23 heavy (non-hydrogen) atoms. The van der Waals surface area contributed by atoms with E-state index in [0.29, 0.717) is 5.95 Å². The van der Waals surface area contributed by atoms with E-state index in [9.17, 15) is 0 Å². The van der Waals surface area contributed by atoms with Crippen LogP contribution in [0.4, 0.5) is 5.95 Å². The monoisotopic (exact) mass is 317 g/mol. The highest BCUT2D eigenvalue weighted by atomic mass is 16.5. The van der Waals surface area contributed by atoms with Crippen LogP contribution in [-0.4, -0.2) is 66.7 Å². The van der Waals surface area contributed by atoms with Crippen LogP contribution >= 0.6 is 0 Å². The second-order valence-corrected chi connectivity index (χ2v) is 6.89. The summed E-state index contributed by atoms with van der Waals surface area (Å²) < 4.78 is 8.25. The maximum absolute atomic E-state index is 6.17. The van der Waals surface area contributed by atoms with E-state index in [1.165, 1.54) is 5.56 Å². The molecule has 0 amide bonds. The molecular formula is C17H27N5O. The minimum atomic E-state index is 0.206. The third-order valence-electron chi connectivity index (χ3n) is 4.28. The van der Waals surface area contributed by atoms with Crippen LogP contribution in [0.3, 0.4) is 0 Å². The topological polar surface area (TPSA) is 59.5 Å². The molecule has 0 radical (unpaired) electrons. The van der Waals surface area contributed by atoms with Gasteiger partial charge in [0, 0.05) is 25.1 Å². The first-order valence-electron chi connectivity index (χ1n) is 8.19. The van der Waals surface area contributed by atoms with Gasteiger partial charge in [0.2, 0.25) is 5.95 Å². The number of ether oxygens (including phenoxy) is 1. The molecule has 1 aromatic heterocycles. The molecule has 6 heteroatoms. The summed E-state index contributed by atoms with van der Waals surface area (Å²) in [5.41, 5.74) is 9.55. The molecule has 3 rings (SSSR count). The molecule has 0 saturated carbocycles. The van der Waals surface area contributed by atoms with Crippen LogP contribution in [0, 0.1) is 0 Å². The predicted octanol–water partition coefficient (Wildman–Crippen LogP) is 1.44. The molecule has 2 aromatic rings. The zero-order chi connectivity index (χ0) is 16.6. The van der Waals surface area contributed by atoms with Gasteiger partial charge in [0.1, 0.15) is 11.9 Å². The molecule has 6 nitrogen and oxygen atoms in total. The first-order chi connectivity index (χ1) is 11.0. The van der Waals surface area contributed by atoms with E-state index in [1.54, 1.807) is 0 Å². The molecule has 0 bridgehead atoms. The first kappa shape index (κ1) is 16.1. The molecule has 1 aliphatic heterocycles. The lowest BCUT2D eigenvalue weighted by atomic mass is 10.1. The number of nitrogens with two attached hydrogens (primary N) is 1. The zero-order valence-corrected chi connectivity index (χ0v) is 14.5. The fraction of sp³-hybridized carbons (Fsp3) is 0.588. The van der Waals surface area contributed by atoms with Crippen molar-refractivity contribution < 1.29 is 4.74 Å². The number of rotatable bonds is 6. The highest BCUT2D eigenvalue weighted by Crippen LogP contribution is 2.36. The predicted molar refractivity (Wildman–Crippen MR) is 94.0 cm³/mol. The number of benzene rings is 1. The van der Waals surface area contributed by atoms with Crippen molar-refractivity contribution in [2.75, 3.05) is 47.0 Å². The van der Waals surface area contributed by atoms with Crippen molar-refractivity contribution in [3.63, 3.8) is 0 Å². The van der Waals surface area contributed by atoms with E-state index in [4.69, 9.17) is 10.5 Å². The van der Waals surface area contributed by atoms with E-state index in [2.05, 4.69) is 47.5 Å². The number of aromatic nitrogens is 2. The van der Waals surface area contributed by atoms with Crippen LogP contribution in [0.5, 0.6) is 5.75 Å². The Labute approximate surface area is 137 Å². The number of hydrogen-bond donors (Lipinski definition) is 1. The van der Waals surface area contributed by atoms with Gasteiger partial charge < -0.3 is 24.8 Å². The second kappa shape index (κ2) is 6.37. The first-order valence-corrected chi connectivity index (χ1v) is 8.19. The van der Waals surface area contributed by atoms with Gasteiger partial charge in [-0.05, 0) is 53.3 Å². The Kier molecular flexibility index (Phi) is 4.46. The molecule has 2 N–H and O–H groups in total. The van der Waals surface area contributed by atoms with Crippen LogP contribution in [-0.2, 0) is 13.0 Å². The molecule has 1 atom stereocenters. The Balaban J connectivity index is 1.90. The van der Waals surface area contributed by atoms with E-state index in [-0.39, 0.29) is 6.10 Å². The second-order valence-electron chi connectivity index (χ2n) is 6.89. The largest absolute Gasteiger partial charge is 0.488 e. The molecule has 1 aromatic carbocycles. The van der Waals surface area contributed by atoms with Gasteiger partial charge in [-0.3, -0.25) is 0 Å². The number of hydrogen-bond acceptors (Lipinski definition) is 5. The number of likely N-dealkylation sites (N-methyl/N-ethyl adjacent to an activating group) is 1. The molecule has 0 unspecified atom stereocenters. The van der Waals surface area contributed by atoms with Gasteiger partial charge in [-0.15, -0.1) is 0 Å². The van der Waals surface area contributed by atoms with E-state index in [0.717, 1.165) is 49.3 Å². The Morgan fingerprint density at radius 3 is 2.74 bits per heavy atom. The normalized spacial score (nSPS) is 17.2. The minimum Gasteiger partial charge on any atom is -0.488 e. The van der Waals surface area contributed by atoms with Gasteiger partial charge in [-0.1, -0.05) is 0 Å². The number of anilines is 1. The Bertz CT molecular complexity index is 692. The average molecular weight is 317 g/mol. The summed E-state index contributed by atoms with van der Waals surface area (Å²) in [4.78, 5) is 8.89. The van der Waals surface area contributed by atoms with Gasteiger partial charge in [-0.25, -0.2) is 4.98 Å². The molecule has 0 fully saturated rings. The number of imidazole rings is 1. The standard InChI is InChI=1S/C17H27N5O/c1-20(2)8-5-9-22-16-13-10-12(11-21(3)4)23-15(13)7-6-14(16)19-17(22)18/h6-7,12H,5,8-11H2,1-4H3,(H2,18,19)/t12-/m1/s1. The number of aryl methyl sites for hydroxylation is 1. The highest BCUT2D eigenvalue weighted by molar-refractivity contribution is 5.84. The third-order valence-corrected chi connectivity index (χ3v) is 4.28. The van der Waals surface area contributed by atoms with E-state index < -0.39 is 0 Å². The zero-order valence-electron chi connectivity index (χ0n) is 14.5. The third kappa shape index (κ3) is 3.28. The number of nitrogen functional groups attached to an aromatic ring is 1. The fourth-order valence-electron chi connectivity index (χ4n) is 3.33. The summed E-state index contributed by atoms with van der Waals surface area (Å²) in [6.07, 6.45) is 2.18. The van der Waals surface area contributed by atoms with Crippen molar-refractivity contribution >= 4 is 17.0 Å². The number of nitrogens with zero attached hydrogens (tertiary/aromatic N) is 4. The van der Waals surface area contributed by atoms with Crippen LogP contribution < -0.4 is 10.5 Å². The van der Waals surface area contributed by atoms with Crippen molar-refractivity contribution in [2.45, 2.75) is 25.5 Å². The van der Waals surface area contributed by atoms with E-state index in [1.807, 2.05) is 12.1 Å². The fourth-order valence-corrected chi connectivity index (χ4v) is 3.33. The summed E-state index contributed by atoms with van der Waals surface area (Å²) in [5, 5.41) is 0. The van der Waals surface area contributed by atoms with E-state index >= 15 is 0 Å². The molecule has 0 aliphatic carbocycles. The lowest BCUT2D eigenvalue weighted by molar-refractivity contribution is 0.184. The molecule has 2 heterocycles. The smallest absolute Gasteiger partial charge is 0.201 e. The van der Waals surface area contributed by atoms with Crippen molar-refractivity contribution in [1.82, 2.24) is 19.4 Å². The molecule has 126 valence electrons. The van der Waals surface area contributed by atoms with Crippen LogP contribution in [0.15, 0.2) is 12.1 Å². The molecule has 0 saturated heterocycles. The highest BCUT2D eigenvalue weighted by Gasteiger charge is 2.27. The molecule has 0 spiro atoms. The SMILES string of the molecule is CN(C)CCCn1c(N)nc2ccc3c(c21)C[C@H](CN(C)C)O3. The minimum absolute atomic E-state index is 0.206. The summed E-state index contributed by atoms with van der Waals surface area (Å²) >= 11 is 0. The lowest BCUT2D eigenvalue weighted by Gasteiger charge is -2.15. The van der Waals surface area contributed by atoms with Crippen molar-refractivity contribution in [2.24, 2.45) is 0 Å². The maximum Gasteiger partial charge on any atom is 0.201 e. The summed E-state index contributed by atoms with van der Waals surface area (Å²) in [7, 11) is 8.33.